The molecule has 3 rings (SSSR count). The summed E-state index contributed by atoms with van der Waals surface area (Å²) in [5, 5.41) is 20.2. The van der Waals surface area contributed by atoms with Gasteiger partial charge in [0.2, 0.25) is 0 Å². The Labute approximate surface area is 127 Å². The summed E-state index contributed by atoms with van der Waals surface area (Å²) in [6.07, 6.45) is -0.213. The standard InChI is InChI=1S/C18H16O4/c1-11-17(18(20)21)14-10-13(7-8-16(14)22-11)15(19)9-12-5-3-2-4-6-12/h2-8,10,15,19H,9H2,1H3,(H,20,21). The highest BCUT2D eigenvalue weighted by molar-refractivity contribution is 6.03. The Bertz CT molecular complexity index is 818. The molecule has 1 heterocycles. The van der Waals surface area contributed by atoms with Crippen LogP contribution in [-0.4, -0.2) is 16.2 Å². The maximum Gasteiger partial charge on any atom is 0.339 e. The van der Waals surface area contributed by atoms with Crippen LogP contribution in [0.2, 0.25) is 0 Å². The van der Waals surface area contributed by atoms with Gasteiger partial charge in [0.15, 0.2) is 0 Å². The lowest BCUT2D eigenvalue weighted by Gasteiger charge is -2.11. The average Bonchev–Trinajstić information content (AvgIpc) is 2.83. The summed E-state index contributed by atoms with van der Waals surface area (Å²) in [6.45, 7) is 1.63. The quantitative estimate of drug-likeness (QED) is 0.770. The highest BCUT2D eigenvalue weighted by Gasteiger charge is 2.19. The maximum atomic E-state index is 11.3. The number of carbonyl (C=O) groups is 1. The van der Waals surface area contributed by atoms with Crippen LogP contribution in [0.4, 0.5) is 0 Å². The number of hydrogen-bond acceptors (Lipinski definition) is 3. The molecule has 0 aliphatic carbocycles. The Kier molecular flexibility index (Phi) is 3.69. The number of aliphatic hydroxyl groups excluding tert-OH is 1. The Morgan fingerprint density at radius 1 is 1.18 bits per heavy atom. The van der Waals surface area contributed by atoms with Crippen LogP contribution >= 0.6 is 0 Å². The van der Waals surface area contributed by atoms with Gasteiger partial charge >= 0.3 is 5.97 Å². The molecule has 22 heavy (non-hydrogen) atoms. The van der Waals surface area contributed by atoms with E-state index in [0.29, 0.717) is 28.7 Å². The van der Waals surface area contributed by atoms with Gasteiger partial charge in [-0.15, -0.1) is 0 Å². The smallest absolute Gasteiger partial charge is 0.339 e. The van der Waals surface area contributed by atoms with Gasteiger partial charge in [0.25, 0.3) is 0 Å². The Morgan fingerprint density at radius 3 is 2.59 bits per heavy atom. The van der Waals surface area contributed by atoms with Gasteiger partial charge in [0.1, 0.15) is 16.9 Å². The fourth-order valence-corrected chi connectivity index (χ4v) is 2.67. The third kappa shape index (κ3) is 2.61. The van der Waals surface area contributed by atoms with Crippen molar-refractivity contribution in [3.05, 3.63) is 71.0 Å². The molecule has 4 nitrogen and oxygen atoms in total. The number of aromatic carboxylic acids is 1. The molecule has 1 unspecified atom stereocenters. The second kappa shape index (κ2) is 5.66. The fraction of sp³-hybridized carbons (Fsp3) is 0.167. The van der Waals surface area contributed by atoms with Crippen LogP contribution in [0.5, 0.6) is 0 Å². The molecule has 0 saturated carbocycles. The number of fused-ring (bicyclic) bond motifs is 1. The van der Waals surface area contributed by atoms with Crippen LogP contribution in [0.15, 0.2) is 52.9 Å². The van der Waals surface area contributed by atoms with Crippen LogP contribution in [0.25, 0.3) is 11.0 Å². The van der Waals surface area contributed by atoms with Crippen molar-refractivity contribution >= 4 is 16.9 Å². The van der Waals surface area contributed by atoms with Gasteiger partial charge in [-0.2, -0.15) is 0 Å². The molecule has 0 aliphatic rings. The van der Waals surface area contributed by atoms with Crippen LogP contribution in [0.1, 0.15) is 33.3 Å². The SMILES string of the molecule is Cc1oc2ccc(C(O)Cc3ccccc3)cc2c1C(=O)O. The molecule has 1 aromatic heterocycles. The molecule has 3 aromatic rings. The van der Waals surface area contributed by atoms with Gasteiger partial charge < -0.3 is 14.6 Å². The first-order chi connectivity index (χ1) is 10.6. The highest BCUT2D eigenvalue weighted by atomic mass is 16.4. The van der Waals surface area contributed by atoms with Crippen LogP contribution in [0.3, 0.4) is 0 Å². The minimum absolute atomic E-state index is 0.156. The van der Waals surface area contributed by atoms with E-state index in [9.17, 15) is 15.0 Å². The van der Waals surface area contributed by atoms with Crippen molar-refractivity contribution in [1.82, 2.24) is 0 Å². The highest BCUT2D eigenvalue weighted by Crippen LogP contribution is 2.29. The first-order valence-electron chi connectivity index (χ1n) is 7.04. The average molecular weight is 296 g/mol. The van der Waals surface area contributed by atoms with Crippen molar-refractivity contribution in [2.75, 3.05) is 0 Å². The van der Waals surface area contributed by atoms with Crippen LogP contribution in [-0.2, 0) is 6.42 Å². The molecule has 0 aliphatic heterocycles. The first kappa shape index (κ1) is 14.4. The van der Waals surface area contributed by atoms with Crippen molar-refractivity contribution in [3.8, 4) is 0 Å². The molecule has 2 aromatic carbocycles. The predicted octanol–water partition coefficient (Wildman–Crippen LogP) is 3.72. The van der Waals surface area contributed by atoms with E-state index in [-0.39, 0.29) is 5.56 Å². The molecule has 0 bridgehead atoms. The van der Waals surface area contributed by atoms with Crippen molar-refractivity contribution in [2.45, 2.75) is 19.4 Å². The number of furan rings is 1. The lowest BCUT2D eigenvalue weighted by atomic mass is 9.99. The van der Waals surface area contributed by atoms with E-state index in [1.807, 2.05) is 30.3 Å². The summed E-state index contributed by atoms with van der Waals surface area (Å²) in [4.78, 5) is 11.3. The summed E-state index contributed by atoms with van der Waals surface area (Å²) in [5.41, 5.74) is 2.38. The van der Waals surface area contributed by atoms with Crippen molar-refractivity contribution in [3.63, 3.8) is 0 Å². The Morgan fingerprint density at radius 2 is 1.91 bits per heavy atom. The minimum atomic E-state index is -1.02. The zero-order valence-electron chi connectivity index (χ0n) is 12.1. The molecule has 112 valence electrons. The van der Waals surface area contributed by atoms with Crippen molar-refractivity contribution in [1.29, 1.82) is 0 Å². The van der Waals surface area contributed by atoms with E-state index in [2.05, 4.69) is 0 Å². The van der Waals surface area contributed by atoms with Gasteiger partial charge in [-0.25, -0.2) is 4.79 Å². The van der Waals surface area contributed by atoms with Crippen LogP contribution in [0, 0.1) is 6.92 Å². The zero-order valence-corrected chi connectivity index (χ0v) is 12.1. The van der Waals surface area contributed by atoms with Gasteiger partial charge in [-0.1, -0.05) is 36.4 Å². The van der Waals surface area contributed by atoms with E-state index < -0.39 is 12.1 Å². The number of benzene rings is 2. The molecule has 2 N–H and O–H groups in total. The molecule has 0 radical (unpaired) electrons. The molecule has 0 amide bonds. The van der Waals surface area contributed by atoms with E-state index in [1.165, 1.54) is 0 Å². The van der Waals surface area contributed by atoms with Gasteiger partial charge in [-0.05, 0) is 30.2 Å². The predicted molar refractivity (Wildman–Crippen MR) is 83.0 cm³/mol. The van der Waals surface area contributed by atoms with E-state index in [4.69, 9.17) is 4.42 Å². The second-order valence-electron chi connectivity index (χ2n) is 5.30. The monoisotopic (exact) mass is 296 g/mol. The largest absolute Gasteiger partial charge is 0.478 e. The molecular formula is C18H16O4. The molecule has 0 fully saturated rings. The van der Waals surface area contributed by atoms with E-state index in [1.54, 1.807) is 25.1 Å². The summed E-state index contributed by atoms with van der Waals surface area (Å²) in [6, 6.07) is 14.8. The molecule has 1 atom stereocenters. The molecule has 0 spiro atoms. The lowest BCUT2D eigenvalue weighted by Crippen LogP contribution is -2.02. The number of carboxylic acid groups (broad SMARTS) is 1. The molecule has 4 heteroatoms. The van der Waals surface area contributed by atoms with Crippen molar-refractivity contribution < 1.29 is 19.4 Å². The third-order valence-electron chi connectivity index (χ3n) is 3.76. The number of hydrogen-bond donors (Lipinski definition) is 2. The fourth-order valence-electron chi connectivity index (χ4n) is 2.67. The van der Waals surface area contributed by atoms with Crippen molar-refractivity contribution in [2.24, 2.45) is 0 Å². The number of rotatable bonds is 4. The second-order valence-corrected chi connectivity index (χ2v) is 5.30. The van der Waals surface area contributed by atoms with Gasteiger partial charge in [0, 0.05) is 11.8 Å². The third-order valence-corrected chi connectivity index (χ3v) is 3.76. The Hall–Kier alpha value is -2.59. The Balaban J connectivity index is 1.97. The zero-order chi connectivity index (χ0) is 15.7. The normalized spacial score (nSPS) is 12.5. The van der Waals surface area contributed by atoms with E-state index in [0.717, 1.165) is 5.56 Å². The number of aryl methyl sites for hydroxylation is 1. The summed E-state index contributed by atoms with van der Waals surface area (Å²) < 4.78 is 5.45. The van der Waals surface area contributed by atoms with E-state index >= 15 is 0 Å². The summed E-state index contributed by atoms with van der Waals surface area (Å²) in [5.74, 6) is -0.650. The molecular weight excluding hydrogens is 280 g/mol. The van der Waals surface area contributed by atoms with Gasteiger partial charge in [0.05, 0.1) is 6.10 Å². The summed E-state index contributed by atoms with van der Waals surface area (Å²) >= 11 is 0. The van der Waals surface area contributed by atoms with Crippen LogP contribution < -0.4 is 0 Å². The minimum Gasteiger partial charge on any atom is -0.478 e. The lowest BCUT2D eigenvalue weighted by molar-refractivity contribution is 0.0697. The molecule has 0 saturated heterocycles. The topological polar surface area (TPSA) is 70.7 Å². The summed E-state index contributed by atoms with van der Waals surface area (Å²) in [7, 11) is 0. The maximum absolute atomic E-state index is 11.3. The first-order valence-corrected chi connectivity index (χ1v) is 7.04. The number of aliphatic hydroxyl groups is 1. The number of carboxylic acids is 1. The van der Waals surface area contributed by atoms with Gasteiger partial charge in [-0.3, -0.25) is 0 Å².